The van der Waals surface area contributed by atoms with Gasteiger partial charge in [-0.2, -0.15) is 0 Å². The first-order valence-corrected chi connectivity index (χ1v) is 19.3. The highest BCUT2D eigenvalue weighted by atomic mass is 32.2. The number of anilines is 1. The number of nitrogen functional groups attached to an aromatic ring is 1. The van der Waals surface area contributed by atoms with Gasteiger partial charge in [-0.15, -0.1) is 0 Å². The van der Waals surface area contributed by atoms with Crippen molar-refractivity contribution in [2.75, 3.05) is 12.3 Å². The number of rotatable bonds is 5. The fourth-order valence-corrected chi connectivity index (χ4v) is 8.46. The van der Waals surface area contributed by atoms with Crippen LogP contribution < -0.4 is 21.1 Å². The highest BCUT2D eigenvalue weighted by Gasteiger charge is 2.62. The van der Waals surface area contributed by atoms with Gasteiger partial charge in [-0.25, -0.2) is 18.0 Å². The van der Waals surface area contributed by atoms with Gasteiger partial charge < -0.3 is 30.7 Å². The predicted octanol–water partition coefficient (Wildman–Crippen LogP) is 2.59. The molecule has 5 amide bonds. The number of carbonyl (C=O) groups excluding carboxylic acids is 5. The van der Waals surface area contributed by atoms with E-state index in [0.717, 1.165) is 24.0 Å². The van der Waals surface area contributed by atoms with Crippen LogP contribution in [0.15, 0.2) is 30.4 Å². The van der Waals surface area contributed by atoms with Crippen molar-refractivity contribution in [2.24, 2.45) is 5.92 Å². The number of nitrogens with two attached hydrogens (primary N) is 1. The van der Waals surface area contributed by atoms with Crippen LogP contribution in [0.2, 0.25) is 0 Å². The summed E-state index contributed by atoms with van der Waals surface area (Å²) in [5.74, 6) is -2.52. The number of alkyl carbamates (subject to hydrolysis) is 1. The second kappa shape index (κ2) is 14.0. The molecular weight excluding hydrogens is 680 g/mol. The Balaban J connectivity index is 1.25. The van der Waals surface area contributed by atoms with Crippen LogP contribution in [0, 0.1) is 5.92 Å². The number of nitrogens with zero attached hydrogens (tertiary/aromatic N) is 2. The Hall–Kier alpha value is -4.34. The molecule has 5 aliphatic rings. The Kier molecular flexibility index (Phi) is 10.0. The molecule has 6 rings (SSSR count). The van der Waals surface area contributed by atoms with Gasteiger partial charge in [0, 0.05) is 24.6 Å². The van der Waals surface area contributed by atoms with Crippen molar-refractivity contribution >= 4 is 45.6 Å². The Labute approximate surface area is 298 Å². The Morgan fingerprint density at radius 3 is 2.53 bits per heavy atom. The van der Waals surface area contributed by atoms with Gasteiger partial charge in [-0.05, 0) is 76.5 Å². The molecule has 1 saturated heterocycles. The van der Waals surface area contributed by atoms with Gasteiger partial charge in [0.05, 0.1) is 18.3 Å². The highest BCUT2D eigenvalue weighted by Crippen LogP contribution is 2.46. The molecule has 0 bridgehead atoms. The molecule has 1 aromatic rings. The Morgan fingerprint density at radius 1 is 1.06 bits per heavy atom. The number of nitrogens with one attached hydrogen (secondary N) is 3. The minimum atomic E-state index is -3.90. The summed E-state index contributed by atoms with van der Waals surface area (Å²) in [5, 5.41) is 4.85. The van der Waals surface area contributed by atoms with E-state index >= 15 is 0 Å². The lowest BCUT2D eigenvalue weighted by atomic mass is 10.0. The summed E-state index contributed by atoms with van der Waals surface area (Å²) in [6, 6.07) is 3.22. The maximum Gasteiger partial charge on any atom is 0.410 e. The van der Waals surface area contributed by atoms with E-state index < -0.39 is 80.4 Å². The minimum Gasteiger partial charge on any atom is -0.444 e. The lowest BCUT2D eigenvalue weighted by molar-refractivity contribution is -0.141. The summed E-state index contributed by atoms with van der Waals surface area (Å²) in [7, 11) is -3.90. The summed E-state index contributed by atoms with van der Waals surface area (Å²) in [6.07, 6.45) is 5.52. The Bertz CT molecular complexity index is 1720. The summed E-state index contributed by atoms with van der Waals surface area (Å²) in [6.45, 7) is 5.51. The van der Waals surface area contributed by atoms with Gasteiger partial charge in [-0.1, -0.05) is 37.1 Å². The minimum absolute atomic E-state index is 0.0794. The van der Waals surface area contributed by atoms with E-state index in [-0.39, 0.29) is 38.9 Å². The molecule has 16 heteroatoms. The van der Waals surface area contributed by atoms with Crippen molar-refractivity contribution in [3.63, 3.8) is 0 Å². The maximum absolute atomic E-state index is 14.3. The van der Waals surface area contributed by atoms with E-state index in [9.17, 15) is 32.4 Å². The van der Waals surface area contributed by atoms with Gasteiger partial charge in [0.15, 0.2) is 0 Å². The smallest absolute Gasteiger partial charge is 0.410 e. The molecule has 5 N–H and O–H groups in total. The van der Waals surface area contributed by atoms with Crippen LogP contribution in [0.3, 0.4) is 0 Å². The average Bonchev–Trinajstić information content (AvgIpc) is 3.93. The molecule has 1 unspecified atom stereocenters. The summed E-state index contributed by atoms with van der Waals surface area (Å²) >= 11 is 0. The first-order valence-electron chi connectivity index (χ1n) is 17.7. The first-order chi connectivity index (χ1) is 24.1. The largest absolute Gasteiger partial charge is 0.444 e. The van der Waals surface area contributed by atoms with E-state index in [1.165, 1.54) is 9.80 Å². The number of hydrogen-bond donors (Lipinski definition) is 4. The third-order valence-electron chi connectivity index (χ3n) is 10.1. The first kappa shape index (κ1) is 36.5. The molecular formula is C35H48N6O9S. The molecule has 3 heterocycles. The molecule has 0 spiro atoms. The van der Waals surface area contributed by atoms with Crippen LogP contribution in [0.1, 0.15) is 89.7 Å². The molecule has 278 valence electrons. The highest BCUT2D eigenvalue weighted by molar-refractivity contribution is 7.91. The van der Waals surface area contributed by atoms with Crippen LogP contribution in [-0.2, 0) is 47.0 Å². The number of allylic oxidation sites excluding steroid dienone is 1. The number of carbonyl (C=O) groups is 5. The average molecular weight is 729 g/mol. The summed E-state index contributed by atoms with van der Waals surface area (Å²) in [4.78, 5) is 71.2. The van der Waals surface area contributed by atoms with Gasteiger partial charge in [-0.3, -0.25) is 24.0 Å². The van der Waals surface area contributed by atoms with E-state index in [2.05, 4.69) is 15.4 Å². The van der Waals surface area contributed by atoms with E-state index in [0.29, 0.717) is 31.4 Å². The standard InChI is InChI=1S/C35H48N6O9S/c1-34(2,3)50-32(45)37-27-13-8-6-4-5-7-11-22-17-35(22,31(44)39-51(47,48)24-14-15-24)38-29(42)28-16-23(19-41(28)30(27)43)49-33(46)40-18-21-10-9-12-26(36)25(21)20-40/h7,9-12,22-24,27-28H,4-6,8,13-20,36H2,1-3H3,(H,37,45)(H,38,42)(H,39,44)/b11-7-/t22-,23-,27+,28?,35-/m1/s1. The van der Waals surface area contributed by atoms with Crippen molar-refractivity contribution in [1.82, 2.24) is 25.2 Å². The normalized spacial score (nSPS) is 28.9. The molecule has 5 atom stereocenters. The summed E-state index contributed by atoms with van der Waals surface area (Å²) in [5.41, 5.74) is 6.06. The number of hydrogen-bond acceptors (Lipinski definition) is 10. The van der Waals surface area contributed by atoms with Gasteiger partial charge >= 0.3 is 12.2 Å². The quantitative estimate of drug-likeness (QED) is 0.258. The third kappa shape index (κ3) is 8.26. The zero-order valence-corrected chi connectivity index (χ0v) is 30.1. The number of benzene rings is 1. The zero-order chi connectivity index (χ0) is 36.7. The predicted molar refractivity (Wildman–Crippen MR) is 185 cm³/mol. The lowest BCUT2D eigenvalue weighted by Gasteiger charge is -2.30. The monoisotopic (exact) mass is 728 g/mol. The second-order valence-electron chi connectivity index (χ2n) is 15.3. The van der Waals surface area contributed by atoms with Gasteiger partial charge in [0.25, 0.3) is 5.91 Å². The van der Waals surface area contributed by atoms with Crippen LogP contribution in [-0.4, -0.2) is 89.2 Å². The van der Waals surface area contributed by atoms with Gasteiger partial charge in [0.1, 0.15) is 29.3 Å². The maximum atomic E-state index is 14.3. The molecule has 1 aromatic carbocycles. The topological polar surface area (TPSA) is 207 Å². The van der Waals surface area contributed by atoms with Crippen LogP contribution in [0.25, 0.3) is 0 Å². The number of ether oxygens (including phenoxy) is 2. The van der Waals surface area contributed by atoms with Crippen LogP contribution in [0.4, 0.5) is 15.3 Å². The van der Waals surface area contributed by atoms with Crippen molar-refractivity contribution in [3.05, 3.63) is 41.5 Å². The molecule has 3 aliphatic heterocycles. The molecule has 15 nitrogen and oxygen atoms in total. The molecule has 51 heavy (non-hydrogen) atoms. The number of fused-ring (bicyclic) bond motifs is 3. The lowest BCUT2D eigenvalue weighted by Crippen LogP contribution is -2.58. The zero-order valence-electron chi connectivity index (χ0n) is 29.3. The second-order valence-corrected chi connectivity index (χ2v) is 17.3. The third-order valence-corrected chi connectivity index (χ3v) is 11.9. The van der Waals surface area contributed by atoms with Crippen molar-refractivity contribution in [2.45, 2.75) is 126 Å². The van der Waals surface area contributed by atoms with Crippen molar-refractivity contribution in [1.29, 1.82) is 0 Å². The fraction of sp³-hybridized carbons (Fsp3) is 0.629. The fourth-order valence-electron chi connectivity index (χ4n) is 7.09. The Morgan fingerprint density at radius 2 is 1.82 bits per heavy atom. The van der Waals surface area contributed by atoms with Gasteiger partial charge in [0.2, 0.25) is 21.8 Å². The van der Waals surface area contributed by atoms with E-state index in [1.54, 1.807) is 26.8 Å². The molecule has 2 aliphatic carbocycles. The SMILES string of the molecule is CC(C)(C)OC(=O)N[C@H]1CCCCC/C=C\[C@@H]2C[C@@]2(C(=O)NS(=O)(=O)C2CC2)NC(=O)C2C[C@@H](OC(=O)N3Cc4cccc(N)c4C3)CN2C1=O. The van der Waals surface area contributed by atoms with Crippen LogP contribution in [0.5, 0.6) is 0 Å². The van der Waals surface area contributed by atoms with Crippen LogP contribution >= 0.6 is 0 Å². The molecule has 0 aromatic heterocycles. The van der Waals surface area contributed by atoms with E-state index in [4.69, 9.17) is 15.2 Å². The number of sulfonamides is 1. The van der Waals surface area contributed by atoms with Crippen molar-refractivity contribution < 1.29 is 41.9 Å². The summed E-state index contributed by atoms with van der Waals surface area (Å²) < 4.78 is 39.0. The number of amides is 5. The molecule has 3 fully saturated rings. The van der Waals surface area contributed by atoms with E-state index in [1.807, 2.05) is 24.3 Å². The molecule has 0 radical (unpaired) electrons. The molecule has 2 saturated carbocycles. The van der Waals surface area contributed by atoms with Crippen molar-refractivity contribution in [3.8, 4) is 0 Å².